The van der Waals surface area contributed by atoms with Crippen molar-refractivity contribution in [3.05, 3.63) is 72.8 Å². The molecule has 4 aromatic rings. The largest absolute Gasteiger partial charge is 0.573 e. The predicted octanol–water partition coefficient (Wildman–Crippen LogP) is 4.93. The van der Waals surface area contributed by atoms with Crippen molar-refractivity contribution in [2.75, 3.05) is 4.72 Å². The average Bonchev–Trinajstić information content (AvgIpc) is 3.11. The number of aromatic amines is 1. The van der Waals surface area contributed by atoms with Crippen LogP contribution in [0, 0.1) is 0 Å². The number of sulfonamides is 1. The molecule has 4 rings (SSSR count). The first-order valence-electron chi connectivity index (χ1n) is 8.63. The average molecular weight is 433 g/mol. The van der Waals surface area contributed by atoms with Gasteiger partial charge in [-0.2, -0.15) is 5.10 Å². The Hall–Kier alpha value is -3.53. The minimum absolute atomic E-state index is 0.201. The van der Waals surface area contributed by atoms with Gasteiger partial charge in [0, 0.05) is 16.6 Å². The molecule has 10 heteroatoms. The van der Waals surface area contributed by atoms with Crippen LogP contribution in [0.5, 0.6) is 5.75 Å². The Morgan fingerprint density at radius 2 is 1.63 bits per heavy atom. The highest BCUT2D eigenvalue weighted by Gasteiger charge is 2.31. The van der Waals surface area contributed by atoms with Crippen molar-refractivity contribution in [2.24, 2.45) is 0 Å². The minimum atomic E-state index is -4.85. The number of benzene rings is 3. The molecular formula is C20H14F3N3O3S. The third-order valence-electron chi connectivity index (χ3n) is 4.23. The van der Waals surface area contributed by atoms with E-state index in [1.54, 1.807) is 18.2 Å². The van der Waals surface area contributed by atoms with Crippen LogP contribution in [0.25, 0.3) is 22.2 Å². The van der Waals surface area contributed by atoms with Crippen molar-refractivity contribution in [1.29, 1.82) is 0 Å². The number of aromatic nitrogens is 2. The molecular weight excluding hydrogens is 419 g/mol. The lowest BCUT2D eigenvalue weighted by Crippen LogP contribution is -2.17. The number of alkyl halides is 3. The molecule has 1 heterocycles. The smallest absolute Gasteiger partial charge is 0.406 e. The quantitative estimate of drug-likeness (QED) is 0.468. The lowest BCUT2D eigenvalue weighted by molar-refractivity contribution is -0.274. The van der Waals surface area contributed by atoms with Crippen LogP contribution in [0.2, 0.25) is 0 Å². The van der Waals surface area contributed by atoms with Crippen molar-refractivity contribution in [1.82, 2.24) is 10.2 Å². The van der Waals surface area contributed by atoms with Crippen LogP contribution in [0.4, 0.5) is 18.9 Å². The van der Waals surface area contributed by atoms with Crippen LogP contribution < -0.4 is 9.46 Å². The van der Waals surface area contributed by atoms with Gasteiger partial charge in [-0.3, -0.25) is 9.82 Å². The molecule has 154 valence electrons. The van der Waals surface area contributed by atoms with E-state index >= 15 is 0 Å². The summed E-state index contributed by atoms with van der Waals surface area (Å²) in [6.07, 6.45) is -4.85. The molecule has 0 atom stereocenters. The second kappa shape index (κ2) is 7.38. The summed E-state index contributed by atoms with van der Waals surface area (Å²) in [4.78, 5) is -0.201. The van der Waals surface area contributed by atoms with Gasteiger partial charge in [-0.05, 0) is 42.5 Å². The normalized spacial score (nSPS) is 12.1. The van der Waals surface area contributed by atoms with Crippen molar-refractivity contribution < 1.29 is 26.3 Å². The van der Waals surface area contributed by atoms with Gasteiger partial charge in [-0.15, -0.1) is 13.2 Å². The second-order valence-corrected chi connectivity index (χ2v) is 8.01. The van der Waals surface area contributed by atoms with Gasteiger partial charge >= 0.3 is 6.36 Å². The van der Waals surface area contributed by atoms with Crippen molar-refractivity contribution in [2.45, 2.75) is 11.3 Å². The lowest BCUT2D eigenvalue weighted by atomic mass is 10.1. The van der Waals surface area contributed by atoms with Gasteiger partial charge in [0.05, 0.1) is 16.1 Å². The van der Waals surface area contributed by atoms with E-state index < -0.39 is 22.1 Å². The van der Waals surface area contributed by atoms with Crippen LogP contribution in [-0.4, -0.2) is 25.0 Å². The number of ether oxygens (including phenoxy) is 1. The number of nitrogens with zero attached hydrogens (tertiary/aromatic N) is 1. The summed E-state index contributed by atoms with van der Waals surface area (Å²) < 4.78 is 68.2. The number of rotatable bonds is 5. The van der Waals surface area contributed by atoms with Crippen molar-refractivity contribution in [3.8, 4) is 17.0 Å². The van der Waals surface area contributed by atoms with E-state index in [4.69, 9.17) is 0 Å². The first kappa shape index (κ1) is 19.8. The maximum atomic E-state index is 12.6. The molecule has 0 amide bonds. The van der Waals surface area contributed by atoms with Crippen LogP contribution >= 0.6 is 0 Å². The van der Waals surface area contributed by atoms with Crippen LogP contribution in [0.1, 0.15) is 0 Å². The van der Waals surface area contributed by atoms with Gasteiger partial charge in [-0.25, -0.2) is 8.42 Å². The van der Waals surface area contributed by atoms with E-state index in [1.165, 1.54) is 0 Å². The lowest BCUT2D eigenvalue weighted by Gasteiger charge is -2.11. The molecule has 2 N–H and O–H groups in total. The topological polar surface area (TPSA) is 84.1 Å². The summed E-state index contributed by atoms with van der Waals surface area (Å²) in [7, 11) is -4.02. The van der Waals surface area contributed by atoms with Crippen molar-refractivity contribution >= 4 is 26.6 Å². The summed E-state index contributed by atoms with van der Waals surface area (Å²) in [6.45, 7) is 0. The Balaban J connectivity index is 1.61. The van der Waals surface area contributed by atoms with E-state index in [0.717, 1.165) is 40.7 Å². The van der Waals surface area contributed by atoms with E-state index in [0.29, 0.717) is 5.69 Å². The Kier molecular flexibility index (Phi) is 4.86. The van der Waals surface area contributed by atoms with Crippen LogP contribution in [-0.2, 0) is 10.0 Å². The Morgan fingerprint density at radius 3 is 2.30 bits per heavy atom. The molecule has 0 aliphatic heterocycles. The fraction of sp³-hybridized carbons (Fsp3) is 0.0500. The SMILES string of the molecule is O=S(=O)(Nc1ccc2[nH]nc(-c3ccccc3)c2c1)c1ccc(OC(F)(F)F)cc1. The second-order valence-electron chi connectivity index (χ2n) is 6.32. The molecule has 0 aliphatic carbocycles. The maximum Gasteiger partial charge on any atom is 0.573 e. The number of nitrogens with one attached hydrogen (secondary N) is 2. The van der Waals surface area contributed by atoms with Crippen LogP contribution in [0.15, 0.2) is 77.7 Å². The fourth-order valence-corrected chi connectivity index (χ4v) is 3.98. The van der Waals surface area contributed by atoms with E-state index in [9.17, 15) is 21.6 Å². The Morgan fingerprint density at radius 1 is 0.933 bits per heavy atom. The van der Waals surface area contributed by atoms with E-state index in [2.05, 4.69) is 19.7 Å². The van der Waals surface area contributed by atoms with Gasteiger partial charge in [0.1, 0.15) is 5.75 Å². The summed E-state index contributed by atoms with van der Waals surface area (Å²) >= 11 is 0. The zero-order chi connectivity index (χ0) is 21.4. The molecule has 0 saturated heterocycles. The summed E-state index contributed by atoms with van der Waals surface area (Å²) in [5.41, 5.74) is 2.55. The molecule has 0 radical (unpaired) electrons. The molecule has 0 saturated carbocycles. The number of fused-ring (bicyclic) bond motifs is 1. The standard InChI is InChI=1S/C20H14F3N3O3S/c21-20(22,23)29-15-7-9-16(10-8-15)30(27,28)26-14-6-11-18-17(12-14)19(25-24-18)13-4-2-1-3-5-13/h1-12,26H,(H,24,25). The predicted molar refractivity (Wildman–Crippen MR) is 105 cm³/mol. The number of halogens is 3. The Labute approximate surface area is 169 Å². The van der Waals surface area contributed by atoms with Gasteiger partial charge in [0.2, 0.25) is 0 Å². The first-order valence-corrected chi connectivity index (χ1v) is 10.1. The maximum absolute atomic E-state index is 12.6. The zero-order valence-electron chi connectivity index (χ0n) is 15.1. The molecule has 0 spiro atoms. The molecule has 0 bridgehead atoms. The van der Waals surface area contributed by atoms with Crippen molar-refractivity contribution in [3.63, 3.8) is 0 Å². The summed E-state index contributed by atoms with van der Waals surface area (Å²) in [6, 6.07) is 18.2. The number of hydrogen-bond donors (Lipinski definition) is 2. The molecule has 30 heavy (non-hydrogen) atoms. The first-order chi connectivity index (χ1) is 14.2. The van der Waals surface area contributed by atoms with E-state index in [-0.39, 0.29) is 10.6 Å². The molecule has 1 aromatic heterocycles. The minimum Gasteiger partial charge on any atom is -0.406 e. The summed E-state index contributed by atoms with van der Waals surface area (Å²) in [5, 5.41) is 7.91. The van der Waals surface area contributed by atoms with Gasteiger partial charge in [0.25, 0.3) is 10.0 Å². The highest BCUT2D eigenvalue weighted by molar-refractivity contribution is 7.92. The molecule has 0 unspecified atom stereocenters. The number of H-pyrrole nitrogens is 1. The number of hydrogen-bond acceptors (Lipinski definition) is 4. The van der Waals surface area contributed by atoms with Gasteiger partial charge in [-0.1, -0.05) is 30.3 Å². The molecule has 6 nitrogen and oxygen atoms in total. The highest BCUT2D eigenvalue weighted by atomic mass is 32.2. The third-order valence-corrected chi connectivity index (χ3v) is 5.63. The molecule has 0 fully saturated rings. The van der Waals surface area contributed by atoms with Gasteiger partial charge < -0.3 is 4.74 Å². The zero-order valence-corrected chi connectivity index (χ0v) is 16.0. The third kappa shape index (κ3) is 4.23. The Bertz CT molecular complexity index is 1290. The van der Waals surface area contributed by atoms with Gasteiger partial charge in [0.15, 0.2) is 0 Å². The summed E-state index contributed by atoms with van der Waals surface area (Å²) in [5.74, 6) is -0.506. The monoisotopic (exact) mass is 433 g/mol. The highest BCUT2D eigenvalue weighted by Crippen LogP contribution is 2.29. The van der Waals surface area contributed by atoms with E-state index in [1.807, 2.05) is 30.3 Å². The number of anilines is 1. The fourth-order valence-electron chi connectivity index (χ4n) is 2.93. The van der Waals surface area contributed by atoms with Crippen LogP contribution in [0.3, 0.4) is 0 Å². The molecule has 0 aliphatic rings. The molecule has 3 aromatic carbocycles.